The topological polar surface area (TPSA) is 58.1 Å². The van der Waals surface area contributed by atoms with Gasteiger partial charge in [-0.2, -0.15) is 0 Å². The average Bonchev–Trinajstić information content (AvgIpc) is 2.73. The second kappa shape index (κ2) is 9.13. The Hall–Kier alpha value is -3.21. The predicted molar refractivity (Wildman–Crippen MR) is 113 cm³/mol. The van der Waals surface area contributed by atoms with E-state index < -0.39 is 0 Å². The van der Waals surface area contributed by atoms with Crippen molar-refractivity contribution in [3.8, 4) is 0 Å². The van der Waals surface area contributed by atoms with Gasteiger partial charge in [-0.3, -0.25) is 4.79 Å². The number of anilines is 2. The third-order valence-electron chi connectivity index (χ3n) is 4.59. The monoisotopic (exact) mass is 374 g/mol. The molecule has 0 aliphatic heterocycles. The fourth-order valence-corrected chi connectivity index (χ4v) is 2.91. The molecule has 28 heavy (non-hydrogen) atoms. The third kappa shape index (κ3) is 4.94. The lowest BCUT2D eigenvalue weighted by Crippen LogP contribution is -2.31. The maximum Gasteiger partial charge on any atom is 0.272 e. The highest BCUT2D eigenvalue weighted by Crippen LogP contribution is 2.19. The molecule has 3 aromatic rings. The van der Waals surface area contributed by atoms with Gasteiger partial charge in [-0.05, 0) is 42.2 Å². The van der Waals surface area contributed by atoms with Crippen molar-refractivity contribution in [3.63, 3.8) is 0 Å². The summed E-state index contributed by atoms with van der Waals surface area (Å²) in [5.41, 5.74) is 3.64. The van der Waals surface area contributed by atoms with Crippen LogP contribution in [-0.2, 0) is 6.54 Å². The van der Waals surface area contributed by atoms with Crippen LogP contribution in [0.3, 0.4) is 0 Å². The maximum absolute atomic E-state index is 12.9. The second-order valence-electron chi connectivity index (χ2n) is 6.97. The van der Waals surface area contributed by atoms with E-state index in [1.54, 1.807) is 17.2 Å². The van der Waals surface area contributed by atoms with Gasteiger partial charge in [0.25, 0.3) is 5.91 Å². The van der Waals surface area contributed by atoms with E-state index in [4.69, 9.17) is 0 Å². The highest BCUT2D eigenvalue weighted by molar-refractivity contribution is 5.92. The Balaban J connectivity index is 1.73. The minimum Gasteiger partial charge on any atom is -0.333 e. The van der Waals surface area contributed by atoms with Crippen LogP contribution in [0, 0.1) is 0 Å². The molecule has 1 amide bonds. The van der Waals surface area contributed by atoms with Gasteiger partial charge < -0.3 is 10.2 Å². The van der Waals surface area contributed by atoms with Gasteiger partial charge in [-0.1, -0.05) is 56.3 Å². The van der Waals surface area contributed by atoms with Gasteiger partial charge in [-0.15, -0.1) is 0 Å². The van der Waals surface area contributed by atoms with Crippen LogP contribution in [0.2, 0.25) is 0 Å². The lowest BCUT2D eigenvalue weighted by molar-refractivity contribution is 0.0746. The minimum absolute atomic E-state index is 0.105. The first-order chi connectivity index (χ1) is 13.6. The molecule has 5 nitrogen and oxygen atoms in total. The molecule has 0 atom stereocenters. The van der Waals surface area contributed by atoms with Crippen LogP contribution in [0.5, 0.6) is 0 Å². The van der Waals surface area contributed by atoms with Crippen molar-refractivity contribution in [1.29, 1.82) is 0 Å². The molecule has 0 radical (unpaired) electrons. The molecule has 1 aromatic heterocycles. The lowest BCUT2D eigenvalue weighted by Gasteiger charge is -2.20. The number of carbonyl (C=O) groups excluding carboxylic acids is 1. The van der Waals surface area contributed by atoms with E-state index in [-0.39, 0.29) is 5.91 Å². The first-order valence-corrected chi connectivity index (χ1v) is 9.60. The number of aromatic nitrogens is 2. The molecule has 144 valence electrons. The number of hydrogen-bond acceptors (Lipinski definition) is 4. The van der Waals surface area contributed by atoms with Crippen molar-refractivity contribution in [2.24, 2.45) is 0 Å². The Morgan fingerprint density at radius 3 is 2.39 bits per heavy atom. The summed E-state index contributed by atoms with van der Waals surface area (Å²) in [4.78, 5) is 23.4. The van der Waals surface area contributed by atoms with Crippen LogP contribution in [0.15, 0.2) is 66.9 Å². The SMILES string of the molecule is CCN(Cc1ccccc1)C(=O)c1ccnc(Nc2ccc(C(C)C)cc2)n1. The van der Waals surface area contributed by atoms with Gasteiger partial charge in [0.05, 0.1) is 0 Å². The van der Waals surface area contributed by atoms with E-state index >= 15 is 0 Å². The van der Waals surface area contributed by atoms with Crippen molar-refractivity contribution in [1.82, 2.24) is 14.9 Å². The molecule has 0 unspecified atom stereocenters. The average molecular weight is 374 g/mol. The smallest absolute Gasteiger partial charge is 0.272 e. The minimum atomic E-state index is -0.105. The van der Waals surface area contributed by atoms with E-state index in [9.17, 15) is 4.79 Å². The first-order valence-electron chi connectivity index (χ1n) is 9.60. The molecule has 0 bridgehead atoms. The van der Waals surface area contributed by atoms with Crippen LogP contribution in [0.4, 0.5) is 11.6 Å². The zero-order valence-electron chi connectivity index (χ0n) is 16.6. The van der Waals surface area contributed by atoms with E-state index in [1.807, 2.05) is 49.4 Å². The van der Waals surface area contributed by atoms with E-state index in [2.05, 4.69) is 41.3 Å². The van der Waals surface area contributed by atoms with Gasteiger partial charge in [0, 0.05) is 25.0 Å². The van der Waals surface area contributed by atoms with Crippen LogP contribution in [0.1, 0.15) is 48.3 Å². The summed E-state index contributed by atoms with van der Waals surface area (Å²) in [6, 6.07) is 19.8. The Labute approximate surface area is 166 Å². The molecule has 0 saturated heterocycles. The van der Waals surface area contributed by atoms with Gasteiger partial charge in [0.2, 0.25) is 5.95 Å². The lowest BCUT2D eigenvalue weighted by atomic mass is 10.0. The highest BCUT2D eigenvalue weighted by atomic mass is 16.2. The van der Waals surface area contributed by atoms with Gasteiger partial charge in [0.1, 0.15) is 5.69 Å². The number of rotatable bonds is 7. The molecule has 1 N–H and O–H groups in total. The fraction of sp³-hybridized carbons (Fsp3) is 0.261. The summed E-state index contributed by atoms with van der Waals surface area (Å²) in [6.45, 7) is 7.46. The molecule has 0 spiro atoms. The second-order valence-corrected chi connectivity index (χ2v) is 6.97. The zero-order chi connectivity index (χ0) is 19.9. The normalized spacial score (nSPS) is 10.7. The summed E-state index contributed by atoms with van der Waals surface area (Å²) < 4.78 is 0. The number of amides is 1. The molecule has 0 aliphatic rings. The fourth-order valence-electron chi connectivity index (χ4n) is 2.91. The summed E-state index contributed by atoms with van der Waals surface area (Å²) in [5, 5.41) is 3.18. The number of nitrogens with one attached hydrogen (secondary N) is 1. The summed E-state index contributed by atoms with van der Waals surface area (Å²) in [7, 11) is 0. The number of nitrogens with zero attached hydrogens (tertiary/aromatic N) is 3. The van der Waals surface area contributed by atoms with Crippen LogP contribution < -0.4 is 5.32 Å². The molecule has 2 aromatic carbocycles. The largest absolute Gasteiger partial charge is 0.333 e. The first kappa shape index (κ1) is 19.5. The number of benzene rings is 2. The van der Waals surface area contributed by atoms with Gasteiger partial charge in [0.15, 0.2) is 0 Å². The van der Waals surface area contributed by atoms with E-state index in [0.29, 0.717) is 30.6 Å². The molecule has 0 aliphatic carbocycles. The van der Waals surface area contributed by atoms with E-state index in [0.717, 1.165) is 11.3 Å². The van der Waals surface area contributed by atoms with Crippen molar-refractivity contribution >= 4 is 17.5 Å². The molecule has 1 heterocycles. The molecule has 0 saturated carbocycles. The molecular formula is C23H26N4O. The van der Waals surface area contributed by atoms with Crippen LogP contribution >= 0.6 is 0 Å². The summed E-state index contributed by atoms with van der Waals surface area (Å²) in [6.07, 6.45) is 1.61. The Morgan fingerprint density at radius 2 is 1.75 bits per heavy atom. The van der Waals surface area contributed by atoms with Crippen LogP contribution in [-0.4, -0.2) is 27.3 Å². The standard InChI is InChI=1S/C23H26N4O/c1-4-27(16-18-8-6-5-7-9-18)22(28)21-14-15-24-23(26-21)25-20-12-10-19(11-13-20)17(2)3/h5-15,17H,4,16H2,1-3H3,(H,24,25,26). The Morgan fingerprint density at radius 1 is 1.04 bits per heavy atom. The van der Waals surface area contributed by atoms with E-state index in [1.165, 1.54) is 5.56 Å². The third-order valence-corrected chi connectivity index (χ3v) is 4.59. The highest BCUT2D eigenvalue weighted by Gasteiger charge is 2.16. The van der Waals surface area contributed by atoms with Crippen molar-refractivity contribution in [3.05, 3.63) is 83.7 Å². The maximum atomic E-state index is 12.9. The van der Waals surface area contributed by atoms with Crippen LogP contribution in [0.25, 0.3) is 0 Å². The Bertz CT molecular complexity index is 907. The zero-order valence-corrected chi connectivity index (χ0v) is 16.6. The van der Waals surface area contributed by atoms with Gasteiger partial charge in [-0.25, -0.2) is 9.97 Å². The number of hydrogen-bond donors (Lipinski definition) is 1. The number of carbonyl (C=O) groups is 1. The quantitative estimate of drug-likeness (QED) is 0.632. The molecule has 5 heteroatoms. The Kier molecular flexibility index (Phi) is 6.37. The molecular weight excluding hydrogens is 348 g/mol. The summed E-state index contributed by atoms with van der Waals surface area (Å²) >= 11 is 0. The molecule has 0 fully saturated rings. The molecule has 3 rings (SSSR count). The van der Waals surface area contributed by atoms with Crippen molar-refractivity contribution < 1.29 is 4.79 Å². The van der Waals surface area contributed by atoms with Gasteiger partial charge >= 0.3 is 0 Å². The van der Waals surface area contributed by atoms with Crippen molar-refractivity contribution in [2.45, 2.75) is 33.2 Å². The summed E-state index contributed by atoms with van der Waals surface area (Å²) in [5.74, 6) is 0.793. The van der Waals surface area contributed by atoms with Crippen molar-refractivity contribution in [2.75, 3.05) is 11.9 Å². The predicted octanol–water partition coefficient (Wildman–Crippen LogP) is 5.01.